The lowest BCUT2D eigenvalue weighted by molar-refractivity contribution is -0.280. The lowest BCUT2D eigenvalue weighted by Gasteiger charge is -2.56. The van der Waals surface area contributed by atoms with Crippen LogP contribution in [0.4, 0.5) is 0 Å². The molecular formula is C13H16O6. The highest BCUT2D eigenvalue weighted by Gasteiger charge is 2.66. The molecule has 0 radical (unpaired) electrons. The molecule has 6 heteroatoms. The van der Waals surface area contributed by atoms with Gasteiger partial charge in [0.25, 0.3) is 0 Å². The molecule has 1 aliphatic carbocycles. The summed E-state index contributed by atoms with van der Waals surface area (Å²) in [6.07, 6.45) is -6.56. The summed E-state index contributed by atoms with van der Waals surface area (Å²) in [7, 11) is 0. The van der Waals surface area contributed by atoms with Gasteiger partial charge in [-0.3, -0.25) is 0 Å². The van der Waals surface area contributed by atoms with Gasteiger partial charge in [-0.25, -0.2) is 0 Å². The highest BCUT2D eigenvalue weighted by Crippen LogP contribution is 2.48. The van der Waals surface area contributed by atoms with Gasteiger partial charge in [0.2, 0.25) is 0 Å². The van der Waals surface area contributed by atoms with E-state index in [1.165, 1.54) is 0 Å². The summed E-state index contributed by atoms with van der Waals surface area (Å²) in [4.78, 5) is 10.5. The summed E-state index contributed by atoms with van der Waals surface area (Å²) in [6, 6.07) is 8.32. The largest absolute Gasteiger partial charge is 0.390 e. The van der Waals surface area contributed by atoms with Gasteiger partial charge in [0.05, 0.1) is 6.10 Å². The van der Waals surface area contributed by atoms with Crippen LogP contribution in [0.2, 0.25) is 0 Å². The van der Waals surface area contributed by atoms with Gasteiger partial charge in [-0.15, -0.1) is 0 Å². The number of carbonyl (C=O) groups is 1. The zero-order valence-electron chi connectivity index (χ0n) is 10.00. The van der Waals surface area contributed by atoms with E-state index in [1.807, 2.05) is 0 Å². The molecule has 6 nitrogen and oxygen atoms in total. The summed E-state index contributed by atoms with van der Waals surface area (Å²) in [6.45, 7) is 0. The molecule has 1 aromatic rings. The van der Waals surface area contributed by atoms with E-state index in [-0.39, 0.29) is 6.29 Å². The van der Waals surface area contributed by atoms with Gasteiger partial charge in [-0.1, -0.05) is 30.3 Å². The molecule has 19 heavy (non-hydrogen) atoms. The lowest BCUT2D eigenvalue weighted by atomic mass is 9.58. The number of hydrogen-bond donors (Lipinski definition) is 5. The fraction of sp³-hybridized carbons (Fsp3) is 0.462. The number of carbonyl (C=O) groups excluding carboxylic acids is 1. The van der Waals surface area contributed by atoms with Crippen molar-refractivity contribution < 1.29 is 30.3 Å². The maximum atomic E-state index is 10.5. The normalized spacial score (nSPS) is 37.2. The maximum absolute atomic E-state index is 10.5. The number of aliphatic hydroxyl groups excluding tert-OH is 4. The first-order valence-electron chi connectivity index (χ1n) is 5.89. The van der Waals surface area contributed by atoms with E-state index in [1.54, 1.807) is 30.3 Å². The third-order valence-electron chi connectivity index (χ3n) is 3.73. The van der Waals surface area contributed by atoms with Crippen molar-refractivity contribution in [3.63, 3.8) is 0 Å². The zero-order valence-corrected chi connectivity index (χ0v) is 10.00. The Morgan fingerprint density at radius 2 is 1.74 bits per heavy atom. The smallest absolute Gasteiger partial charge is 0.151 e. The molecule has 1 aliphatic rings. The van der Waals surface area contributed by atoms with E-state index in [0.29, 0.717) is 5.56 Å². The van der Waals surface area contributed by atoms with E-state index >= 15 is 0 Å². The molecule has 0 bridgehead atoms. The molecule has 0 spiro atoms. The van der Waals surface area contributed by atoms with Crippen molar-refractivity contribution in [2.45, 2.75) is 35.9 Å². The quantitative estimate of drug-likeness (QED) is 0.409. The van der Waals surface area contributed by atoms with Crippen LogP contribution >= 0.6 is 0 Å². The lowest BCUT2D eigenvalue weighted by Crippen LogP contribution is -2.75. The molecule has 0 amide bonds. The summed E-state index contributed by atoms with van der Waals surface area (Å²) < 4.78 is 0. The predicted molar refractivity (Wildman–Crippen MR) is 64.2 cm³/mol. The van der Waals surface area contributed by atoms with Crippen molar-refractivity contribution in [2.24, 2.45) is 0 Å². The van der Waals surface area contributed by atoms with Crippen LogP contribution in [0.15, 0.2) is 30.3 Å². The van der Waals surface area contributed by atoms with Gasteiger partial charge in [0.15, 0.2) is 6.29 Å². The summed E-state index contributed by atoms with van der Waals surface area (Å²) >= 11 is 0. The van der Waals surface area contributed by atoms with Crippen LogP contribution in [-0.4, -0.2) is 61.8 Å². The van der Waals surface area contributed by atoms with Crippen LogP contribution in [0.3, 0.4) is 0 Å². The zero-order chi connectivity index (χ0) is 14.2. The second-order valence-electron chi connectivity index (χ2n) is 4.78. The summed E-state index contributed by atoms with van der Waals surface area (Å²) in [5.41, 5.74) is -1.67. The molecular weight excluding hydrogens is 252 g/mol. The Hall–Kier alpha value is -1.31. The van der Waals surface area contributed by atoms with Crippen molar-refractivity contribution in [1.29, 1.82) is 0 Å². The fourth-order valence-corrected chi connectivity index (χ4v) is 2.63. The topological polar surface area (TPSA) is 118 Å². The van der Waals surface area contributed by atoms with Crippen LogP contribution in [0, 0.1) is 0 Å². The first-order chi connectivity index (χ1) is 8.94. The Balaban J connectivity index is 2.35. The number of aldehydes is 1. The molecule has 1 saturated carbocycles. The van der Waals surface area contributed by atoms with Crippen LogP contribution in [0.25, 0.3) is 0 Å². The molecule has 0 heterocycles. The minimum Gasteiger partial charge on any atom is -0.390 e. The standard InChI is InChI=1S/C13H16O6/c14-6-8(15)11(17)13(19)9(10(16)12(13)18)7-4-2-1-3-5-7/h1-6,8-12,15-19H/t8-,9?,10?,11+,12+,13-/m0/s1. The Morgan fingerprint density at radius 3 is 2.26 bits per heavy atom. The fourth-order valence-electron chi connectivity index (χ4n) is 2.63. The van der Waals surface area contributed by atoms with Gasteiger partial charge in [0.1, 0.15) is 23.9 Å². The van der Waals surface area contributed by atoms with Crippen molar-refractivity contribution in [2.75, 3.05) is 0 Å². The Morgan fingerprint density at radius 1 is 1.16 bits per heavy atom. The Labute approximate surface area is 109 Å². The molecule has 5 N–H and O–H groups in total. The van der Waals surface area contributed by atoms with E-state index in [0.717, 1.165) is 0 Å². The first-order valence-corrected chi connectivity index (χ1v) is 5.89. The first kappa shape index (κ1) is 14.1. The van der Waals surface area contributed by atoms with Crippen molar-refractivity contribution in [3.8, 4) is 0 Å². The SMILES string of the molecule is O=C[C@H](O)[C@@H](O)[C@@]1(O)C(c2ccccc2)C(O)[C@H]1O. The van der Waals surface area contributed by atoms with E-state index < -0.39 is 35.9 Å². The van der Waals surface area contributed by atoms with Crippen LogP contribution < -0.4 is 0 Å². The van der Waals surface area contributed by atoms with Gasteiger partial charge in [0, 0.05) is 5.92 Å². The molecule has 2 unspecified atom stereocenters. The maximum Gasteiger partial charge on any atom is 0.151 e. The predicted octanol–water partition coefficient (Wildman–Crippen LogP) is -1.84. The molecule has 0 aliphatic heterocycles. The van der Waals surface area contributed by atoms with E-state index in [9.17, 15) is 30.3 Å². The molecule has 104 valence electrons. The highest BCUT2D eigenvalue weighted by atomic mass is 16.4. The third kappa shape index (κ3) is 1.98. The van der Waals surface area contributed by atoms with Crippen LogP contribution in [0.1, 0.15) is 11.5 Å². The van der Waals surface area contributed by atoms with Crippen molar-refractivity contribution in [3.05, 3.63) is 35.9 Å². The van der Waals surface area contributed by atoms with Crippen LogP contribution in [-0.2, 0) is 4.79 Å². The van der Waals surface area contributed by atoms with Crippen molar-refractivity contribution in [1.82, 2.24) is 0 Å². The second kappa shape index (κ2) is 4.99. The number of rotatable bonds is 4. The molecule has 2 rings (SSSR count). The minimum atomic E-state index is -2.17. The van der Waals surface area contributed by atoms with Gasteiger partial charge in [-0.05, 0) is 5.56 Å². The van der Waals surface area contributed by atoms with Crippen molar-refractivity contribution >= 4 is 6.29 Å². The summed E-state index contributed by atoms with van der Waals surface area (Å²) in [5.74, 6) is -0.978. The molecule has 0 aromatic heterocycles. The number of benzene rings is 1. The third-order valence-corrected chi connectivity index (χ3v) is 3.73. The number of aliphatic hydroxyl groups is 5. The molecule has 0 saturated heterocycles. The molecule has 6 atom stereocenters. The van der Waals surface area contributed by atoms with Gasteiger partial charge < -0.3 is 30.3 Å². The minimum absolute atomic E-state index is 0.0715. The molecule has 1 fully saturated rings. The average molecular weight is 268 g/mol. The number of hydrogen-bond acceptors (Lipinski definition) is 6. The van der Waals surface area contributed by atoms with E-state index in [2.05, 4.69) is 0 Å². The molecule has 1 aromatic carbocycles. The van der Waals surface area contributed by atoms with Gasteiger partial charge >= 0.3 is 0 Å². The monoisotopic (exact) mass is 268 g/mol. The Bertz CT molecular complexity index is 450. The highest BCUT2D eigenvalue weighted by molar-refractivity contribution is 5.57. The Kier molecular flexibility index (Phi) is 3.71. The second-order valence-corrected chi connectivity index (χ2v) is 4.78. The summed E-state index contributed by atoms with van der Waals surface area (Å²) in [5, 5.41) is 49.0. The average Bonchev–Trinajstić information content (AvgIpc) is 2.46. The van der Waals surface area contributed by atoms with Gasteiger partial charge in [-0.2, -0.15) is 0 Å². The van der Waals surface area contributed by atoms with Crippen LogP contribution in [0.5, 0.6) is 0 Å². The van der Waals surface area contributed by atoms with E-state index in [4.69, 9.17) is 0 Å².